The first-order valence-corrected chi connectivity index (χ1v) is 10.4. The van der Waals surface area contributed by atoms with Crippen molar-refractivity contribution >= 4 is 31.7 Å². The van der Waals surface area contributed by atoms with Gasteiger partial charge in [0.15, 0.2) is 0 Å². The molecule has 9 nitrogen and oxygen atoms in total. The van der Waals surface area contributed by atoms with E-state index in [2.05, 4.69) is 15.0 Å². The van der Waals surface area contributed by atoms with E-state index in [-0.39, 0.29) is 10.5 Å². The summed E-state index contributed by atoms with van der Waals surface area (Å²) in [6.45, 7) is 1.59. The van der Waals surface area contributed by atoms with Gasteiger partial charge in [0.25, 0.3) is 15.7 Å². The second-order valence-electron chi connectivity index (χ2n) is 6.26. The predicted octanol–water partition coefficient (Wildman–Crippen LogP) is 2.27. The standard InChI is InChI=1S/C18H13N3O6S2/c1-8-2-7-11-13(14(8)29(25,26)27)28-17(19-11)10-5-3-9(4-6-10)12-15(22)20-18(24)21-16(12)23/h2-7H,1H3,(H,25,26,27)(H3,20,21,22,23,24). The molecule has 4 rings (SSSR count). The maximum absolute atomic E-state index is 12.0. The van der Waals surface area contributed by atoms with Crippen LogP contribution in [0, 0.1) is 6.92 Å². The number of nitrogens with one attached hydrogen (secondary N) is 2. The molecule has 0 saturated heterocycles. The molecule has 2 aromatic heterocycles. The number of fused-ring (bicyclic) bond motifs is 1. The fraction of sp³-hybridized carbons (Fsp3) is 0.0556. The number of aromatic nitrogens is 3. The van der Waals surface area contributed by atoms with Crippen LogP contribution < -0.4 is 11.2 Å². The summed E-state index contributed by atoms with van der Waals surface area (Å²) in [7, 11) is -4.41. The van der Waals surface area contributed by atoms with Crippen molar-refractivity contribution in [2.75, 3.05) is 0 Å². The zero-order valence-electron chi connectivity index (χ0n) is 14.8. The molecule has 2 heterocycles. The average molecular weight is 431 g/mol. The first-order valence-electron chi connectivity index (χ1n) is 8.19. The van der Waals surface area contributed by atoms with Gasteiger partial charge in [0.2, 0.25) is 5.88 Å². The summed E-state index contributed by atoms with van der Waals surface area (Å²) >= 11 is 1.11. The molecule has 0 aliphatic carbocycles. The van der Waals surface area contributed by atoms with E-state index in [0.29, 0.717) is 31.9 Å². The zero-order chi connectivity index (χ0) is 20.9. The number of nitrogens with zero attached hydrogens (tertiary/aromatic N) is 1. The molecule has 0 aliphatic rings. The number of aromatic hydroxyl groups is 1. The van der Waals surface area contributed by atoms with Gasteiger partial charge in [0.1, 0.15) is 15.5 Å². The zero-order valence-corrected chi connectivity index (χ0v) is 16.4. The smallest absolute Gasteiger partial charge is 0.328 e. The number of hydrogen-bond donors (Lipinski definition) is 4. The molecule has 0 saturated carbocycles. The molecule has 0 aliphatic heterocycles. The van der Waals surface area contributed by atoms with Crippen LogP contribution in [0.2, 0.25) is 0 Å². The summed E-state index contributed by atoms with van der Waals surface area (Å²) in [5.41, 5.74) is 0.248. The van der Waals surface area contributed by atoms with Crippen molar-refractivity contribution in [2.24, 2.45) is 0 Å². The minimum atomic E-state index is -4.41. The van der Waals surface area contributed by atoms with Gasteiger partial charge >= 0.3 is 5.69 Å². The number of aryl methyl sites for hydroxylation is 1. The second-order valence-corrected chi connectivity index (χ2v) is 8.62. The van der Waals surface area contributed by atoms with Crippen molar-refractivity contribution < 1.29 is 18.1 Å². The van der Waals surface area contributed by atoms with Gasteiger partial charge in [-0.2, -0.15) is 8.42 Å². The Morgan fingerprint density at radius 2 is 1.66 bits per heavy atom. The molecule has 2 aromatic carbocycles. The highest BCUT2D eigenvalue weighted by molar-refractivity contribution is 7.86. The van der Waals surface area contributed by atoms with Crippen LogP contribution in [0.3, 0.4) is 0 Å². The predicted molar refractivity (Wildman–Crippen MR) is 108 cm³/mol. The summed E-state index contributed by atoms with van der Waals surface area (Å²) in [4.78, 5) is 31.6. The van der Waals surface area contributed by atoms with E-state index in [4.69, 9.17) is 0 Å². The van der Waals surface area contributed by atoms with Crippen molar-refractivity contribution in [3.63, 3.8) is 0 Å². The van der Waals surface area contributed by atoms with Crippen LogP contribution >= 0.6 is 11.3 Å². The van der Waals surface area contributed by atoms with Crippen LogP contribution in [0.4, 0.5) is 0 Å². The summed E-state index contributed by atoms with van der Waals surface area (Å²) in [5.74, 6) is -0.542. The molecule has 0 bridgehead atoms. The molecule has 29 heavy (non-hydrogen) atoms. The van der Waals surface area contributed by atoms with Gasteiger partial charge in [-0.15, -0.1) is 11.3 Å². The molecule has 4 N–H and O–H groups in total. The monoisotopic (exact) mass is 431 g/mol. The van der Waals surface area contributed by atoms with Crippen molar-refractivity contribution in [1.29, 1.82) is 0 Å². The quantitative estimate of drug-likeness (QED) is 0.363. The summed E-state index contributed by atoms with van der Waals surface area (Å²) in [5, 5.41) is 10.4. The average Bonchev–Trinajstić information content (AvgIpc) is 3.04. The van der Waals surface area contributed by atoms with Gasteiger partial charge in [0, 0.05) is 5.56 Å². The summed E-state index contributed by atoms with van der Waals surface area (Å²) in [6, 6.07) is 9.68. The van der Waals surface area contributed by atoms with Crippen LogP contribution in [0.1, 0.15) is 5.56 Å². The molecule has 0 unspecified atom stereocenters. The Hall–Kier alpha value is -3.28. The Morgan fingerprint density at radius 1 is 1.00 bits per heavy atom. The largest absolute Gasteiger partial charge is 0.494 e. The van der Waals surface area contributed by atoms with E-state index in [1.807, 2.05) is 0 Å². The Labute approximate surface area is 167 Å². The fourth-order valence-electron chi connectivity index (χ4n) is 3.03. The molecule has 0 spiro atoms. The molecular weight excluding hydrogens is 418 g/mol. The second kappa shape index (κ2) is 6.65. The van der Waals surface area contributed by atoms with E-state index in [9.17, 15) is 27.7 Å². The van der Waals surface area contributed by atoms with Crippen molar-refractivity contribution in [3.8, 4) is 27.6 Å². The Bertz CT molecular complexity index is 1480. The highest BCUT2D eigenvalue weighted by atomic mass is 32.2. The molecule has 148 valence electrons. The Kier molecular flexibility index (Phi) is 4.37. The van der Waals surface area contributed by atoms with Crippen LogP contribution in [-0.4, -0.2) is 33.0 Å². The molecule has 11 heteroatoms. The van der Waals surface area contributed by atoms with Gasteiger partial charge in [-0.1, -0.05) is 30.3 Å². The first-order chi connectivity index (χ1) is 13.6. The summed E-state index contributed by atoms with van der Waals surface area (Å²) < 4.78 is 33.4. The van der Waals surface area contributed by atoms with Crippen LogP contribution in [0.15, 0.2) is 50.9 Å². The van der Waals surface area contributed by atoms with Gasteiger partial charge in [-0.25, -0.2) is 9.78 Å². The first kappa shape index (κ1) is 19.1. The molecular formula is C18H13N3O6S2. The fourth-order valence-corrected chi connectivity index (χ4v) is 5.35. The number of benzene rings is 2. The molecule has 0 fully saturated rings. The minimum absolute atomic E-state index is 0.0789. The molecule has 0 atom stereocenters. The maximum Gasteiger partial charge on any atom is 0.328 e. The van der Waals surface area contributed by atoms with Crippen molar-refractivity contribution in [3.05, 3.63) is 62.8 Å². The molecule has 0 radical (unpaired) electrons. The van der Waals surface area contributed by atoms with E-state index in [1.54, 1.807) is 43.3 Å². The minimum Gasteiger partial charge on any atom is -0.494 e. The van der Waals surface area contributed by atoms with Crippen LogP contribution in [0.5, 0.6) is 5.88 Å². The number of H-pyrrole nitrogens is 2. The topological polar surface area (TPSA) is 153 Å². The van der Waals surface area contributed by atoms with Crippen LogP contribution in [0.25, 0.3) is 31.9 Å². The number of rotatable bonds is 3. The van der Waals surface area contributed by atoms with E-state index >= 15 is 0 Å². The normalized spacial score (nSPS) is 11.8. The maximum atomic E-state index is 12.0. The van der Waals surface area contributed by atoms with Gasteiger partial charge in [0.05, 0.1) is 10.2 Å². The lowest BCUT2D eigenvalue weighted by atomic mass is 10.1. The lowest BCUT2D eigenvalue weighted by Gasteiger charge is -2.04. The van der Waals surface area contributed by atoms with Crippen molar-refractivity contribution in [2.45, 2.75) is 11.8 Å². The highest BCUT2D eigenvalue weighted by Crippen LogP contribution is 2.36. The number of thiazole rings is 1. The number of aromatic amines is 2. The molecule has 0 amide bonds. The lowest BCUT2D eigenvalue weighted by Crippen LogP contribution is -2.23. The third kappa shape index (κ3) is 3.35. The third-order valence-electron chi connectivity index (χ3n) is 4.31. The van der Waals surface area contributed by atoms with Crippen molar-refractivity contribution in [1.82, 2.24) is 15.0 Å². The summed E-state index contributed by atoms with van der Waals surface area (Å²) in [6.07, 6.45) is 0. The highest BCUT2D eigenvalue weighted by Gasteiger charge is 2.21. The van der Waals surface area contributed by atoms with Gasteiger partial charge < -0.3 is 5.11 Å². The lowest BCUT2D eigenvalue weighted by molar-refractivity contribution is 0.451. The van der Waals surface area contributed by atoms with Gasteiger partial charge in [-0.05, 0) is 24.1 Å². The van der Waals surface area contributed by atoms with Gasteiger partial charge in [-0.3, -0.25) is 19.3 Å². The van der Waals surface area contributed by atoms with E-state index in [1.165, 1.54) is 0 Å². The Balaban J connectivity index is 1.82. The number of hydrogen-bond acceptors (Lipinski definition) is 7. The van der Waals surface area contributed by atoms with Crippen LogP contribution in [-0.2, 0) is 10.1 Å². The molecule has 4 aromatic rings. The van der Waals surface area contributed by atoms with E-state index < -0.39 is 27.2 Å². The third-order valence-corrected chi connectivity index (χ3v) is 6.62. The Morgan fingerprint density at radius 3 is 2.28 bits per heavy atom. The SMILES string of the molecule is Cc1ccc2nc(-c3ccc(-c4c(O)[nH]c(=O)[nH]c4=O)cc3)sc2c1S(=O)(=O)O. The van der Waals surface area contributed by atoms with E-state index in [0.717, 1.165) is 11.3 Å².